The van der Waals surface area contributed by atoms with Crippen molar-refractivity contribution >= 4 is 28.4 Å². The SMILES string of the molecule is O=C(c1ccccc1)c1ccc(I)o1. The maximum absolute atomic E-state index is 11.8. The minimum Gasteiger partial charge on any atom is -0.447 e. The third kappa shape index (κ3) is 1.87. The van der Waals surface area contributed by atoms with Crippen molar-refractivity contribution in [3.05, 3.63) is 57.6 Å². The summed E-state index contributed by atoms with van der Waals surface area (Å²) in [5.41, 5.74) is 0.651. The van der Waals surface area contributed by atoms with Crippen molar-refractivity contribution in [1.82, 2.24) is 0 Å². The van der Waals surface area contributed by atoms with Crippen LogP contribution in [0.2, 0.25) is 0 Å². The predicted molar refractivity (Wildman–Crippen MR) is 61.3 cm³/mol. The Balaban J connectivity index is 2.34. The first kappa shape index (κ1) is 9.45. The maximum Gasteiger partial charge on any atom is 0.228 e. The molecule has 0 radical (unpaired) electrons. The van der Waals surface area contributed by atoms with E-state index < -0.39 is 0 Å². The second kappa shape index (κ2) is 3.96. The number of benzene rings is 1. The molecule has 2 aromatic rings. The summed E-state index contributed by atoms with van der Waals surface area (Å²) >= 11 is 2.03. The van der Waals surface area contributed by atoms with E-state index in [-0.39, 0.29) is 5.78 Å². The molecule has 2 rings (SSSR count). The van der Waals surface area contributed by atoms with Crippen LogP contribution in [-0.2, 0) is 0 Å². The van der Waals surface area contributed by atoms with E-state index in [1.165, 1.54) is 0 Å². The molecule has 0 saturated heterocycles. The van der Waals surface area contributed by atoms with Gasteiger partial charge in [-0.25, -0.2) is 0 Å². The minimum absolute atomic E-state index is 0.0754. The van der Waals surface area contributed by atoms with E-state index in [1.807, 2.05) is 40.8 Å². The Labute approximate surface area is 95.1 Å². The molecule has 0 aliphatic rings. The van der Waals surface area contributed by atoms with Crippen LogP contribution in [0, 0.1) is 3.77 Å². The lowest BCUT2D eigenvalue weighted by atomic mass is 10.1. The van der Waals surface area contributed by atoms with Gasteiger partial charge in [-0.1, -0.05) is 30.3 Å². The van der Waals surface area contributed by atoms with Gasteiger partial charge in [0.2, 0.25) is 5.78 Å². The van der Waals surface area contributed by atoms with E-state index in [2.05, 4.69) is 0 Å². The number of carbonyl (C=O) groups excluding carboxylic acids is 1. The second-order valence-electron chi connectivity index (χ2n) is 2.80. The number of hydrogen-bond acceptors (Lipinski definition) is 2. The Morgan fingerprint density at radius 1 is 1.07 bits per heavy atom. The first-order valence-electron chi connectivity index (χ1n) is 4.12. The molecule has 0 fully saturated rings. The van der Waals surface area contributed by atoms with E-state index >= 15 is 0 Å². The summed E-state index contributed by atoms with van der Waals surface area (Å²) in [5, 5.41) is 0. The van der Waals surface area contributed by atoms with Crippen LogP contribution in [0.25, 0.3) is 0 Å². The molecule has 0 spiro atoms. The number of hydrogen-bond donors (Lipinski definition) is 0. The molecule has 3 heteroatoms. The molecule has 0 unspecified atom stereocenters. The molecule has 1 heterocycles. The van der Waals surface area contributed by atoms with Gasteiger partial charge in [0.15, 0.2) is 9.53 Å². The number of rotatable bonds is 2. The summed E-state index contributed by atoms with van der Waals surface area (Å²) in [5.74, 6) is 0.314. The molecule has 0 aliphatic carbocycles. The summed E-state index contributed by atoms with van der Waals surface area (Å²) in [6.45, 7) is 0. The molecular formula is C11H7IO2. The molecule has 0 bridgehead atoms. The number of furan rings is 1. The van der Waals surface area contributed by atoms with E-state index in [0.717, 1.165) is 3.77 Å². The Kier molecular flexibility index (Phi) is 2.67. The van der Waals surface area contributed by atoms with Crippen LogP contribution in [0.5, 0.6) is 0 Å². The lowest BCUT2D eigenvalue weighted by molar-refractivity contribution is 0.101. The summed E-state index contributed by atoms with van der Waals surface area (Å²) in [4.78, 5) is 11.8. The molecule has 0 N–H and O–H groups in total. The second-order valence-corrected chi connectivity index (χ2v) is 3.86. The van der Waals surface area contributed by atoms with Crippen molar-refractivity contribution in [2.45, 2.75) is 0 Å². The number of ketones is 1. The average molecular weight is 298 g/mol. The molecule has 0 aliphatic heterocycles. The summed E-state index contributed by atoms with van der Waals surface area (Å²) in [6, 6.07) is 12.6. The van der Waals surface area contributed by atoms with E-state index in [0.29, 0.717) is 11.3 Å². The van der Waals surface area contributed by atoms with Crippen LogP contribution in [0.4, 0.5) is 0 Å². The molecule has 0 atom stereocenters. The Morgan fingerprint density at radius 3 is 2.36 bits per heavy atom. The summed E-state index contributed by atoms with van der Waals surface area (Å²) in [6.07, 6.45) is 0. The minimum atomic E-state index is -0.0754. The quantitative estimate of drug-likeness (QED) is 0.630. The monoisotopic (exact) mass is 298 g/mol. The van der Waals surface area contributed by atoms with Gasteiger partial charge >= 0.3 is 0 Å². The van der Waals surface area contributed by atoms with Crippen LogP contribution in [0.1, 0.15) is 16.1 Å². The smallest absolute Gasteiger partial charge is 0.228 e. The molecule has 1 aromatic heterocycles. The summed E-state index contributed by atoms with van der Waals surface area (Å²) in [7, 11) is 0. The highest BCUT2D eigenvalue weighted by Gasteiger charge is 2.11. The first-order chi connectivity index (χ1) is 6.77. The van der Waals surface area contributed by atoms with Crippen molar-refractivity contribution in [2.24, 2.45) is 0 Å². The van der Waals surface area contributed by atoms with Gasteiger partial charge in [-0.3, -0.25) is 4.79 Å². The van der Waals surface area contributed by atoms with Crippen molar-refractivity contribution in [1.29, 1.82) is 0 Å². The van der Waals surface area contributed by atoms with Gasteiger partial charge in [-0.05, 0) is 34.7 Å². The van der Waals surface area contributed by atoms with Crippen molar-refractivity contribution in [3.8, 4) is 0 Å². The highest BCUT2D eigenvalue weighted by molar-refractivity contribution is 14.1. The van der Waals surface area contributed by atoms with Gasteiger partial charge in [0.05, 0.1) is 0 Å². The van der Waals surface area contributed by atoms with E-state index in [9.17, 15) is 4.79 Å². The Hall–Kier alpha value is -1.10. The standard InChI is InChI=1S/C11H7IO2/c12-10-7-6-9(14-10)11(13)8-4-2-1-3-5-8/h1-7H. The van der Waals surface area contributed by atoms with Crippen molar-refractivity contribution in [2.75, 3.05) is 0 Å². The molecule has 0 saturated carbocycles. The first-order valence-corrected chi connectivity index (χ1v) is 5.20. The van der Waals surface area contributed by atoms with Crippen LogP contribution in [0.15, 0.2) is 46.9 Å². The number of carbonyl (C=O) groups is 1. The zero-order valence-electron chi connectivity index (χ0n) is 7.24. The lowest BCUT2D eigenvalue weighted by Gasteiger charge is -1.95. The van der Waals surface area contributed by atoms with Crippen molar-refractivity contribution in [3.63, 3.8) is 0 Å². The van der Waals surface area contributed by atoms with Gasteiger partial charge in [0, 0.05) is 5.56 Å². The lowest BCUT2D eigenvalue weighted by Crippen LogP contribution is -1.98. The molecule has 1 aromatic carbocycles. The van der Waals surface area contributed by atoms with Gasteiger partial charge in [0.25, 0.3) is 0 Å². The normalized spacial score (nSPS) is 10.1. The van der Waals surface area contributed by atoms with Crippen LogP contribution in [-0.4, -0.2) is 5.78 Å². The van der Waals surface area contributed by atoms with Gasteiger partial charge in [-0.2, -0.15) is 0 Å². The van der Waals surface area contributed by atoms with Gasteiger partial charge in [0.1, 0.15) is 0 Å². The van der Waals surface area contributed by atoms with E-state index in [1.54, 1.807) is 24.3 Å². The maximum atomic E-state index is 11.8. The van der Waals surface area contributed by atoms with Gasteiger partial charge in [-0.15, -0.1) is 0 Å². The van der Waals surface area contributed by atoms with Crippen LogP contribution in [0.3, 0.4) is 0 Å². The molecule has 0 amide bonds. The third-order valence-electron chi connectivity index (χ3n) is 1.83. The summed E-state index contributed by atoms with van der Waals surface area (Å²) < 4.78 is 5.96. The van der Waals surface area contributed by atoms with Crippen molar-refractivity contribution < 1.29 is 9.21 Å². The van der Waals surface area contributed by atoms with E-state index in [4.69, 9.17) is 4.42 Å². The highest BCUT2D eigenvalue weighted by atomic mass is 127. The fraction of sp³-hybridized carbons (Fsp3) is 0. The largest absolute Gasteiger partial charge is 0.447 e. The van der Waals surface area contributed by atoms with Crippen LogP contribution >= 0.6 is 22.6 Å². The van der Waals surface area contributed by atoms with Gasteiger partial charge < -0.3 is 4.42 Å². The predicted octanol–water partition coefficient (Wildman–Crippen LogP) is 3.12. The number of halogens is 1. The average Bonchev–Trinajstić information content (AvgIpc) is 2.65. The topological polar surface area (TPSA) is 30.2 Å². The Bertz CT molecular complexity index is 445. The zero-order valence-corrected chi connectivity index (χ0v) is 9.39. The molecular weight excluding hydrogens is 291 g/mol. The molecule has 70 valence electrons. The van der Waals surface area contributed by atoms with Crippen LogP contribution < -0.4 is 0 Å². The fourth-order valence-electron chi connectivity index (χ4n) is 1.17. The zero-order chi connectivity index (χ0) is 9.97. The molecule has 14 heavy (non-hydrogen) atoms. The highest BCUT2D eigenvalue weighted by Crippen LogP contribution is 2.14. The fourth-order valence-corrected chi connectivity index (χ4v) is 1.59. The Morgan fingerprint density at radius 2 is 1.79 bits per heavy atom. The third-order valence-corrected chi connectivity index (χ3v) is 2.41. The molecule has 2 nitrogen and oxygen atoms in total.